The lowest BCUT2D eigenvalue weighted by atomic mass is 9.97. The number of carbonyl (C=O) groups excluding carboxylic acids is 2. The van der Waals surface area contributed by atoms with E-state index in [9.17, 15) is 27.9 Å². The van der Waals surface area contributed by atoms with Crippen LogP contribution >= 0.6 is 0 Å². The topological polar surface area (TPSA) is 134 Å². The largest absolute Gasteiger partial charge is 0.480 e. The molecule has 2 aliphatic heterocycles. The van der Waals surface area contributed by atoms with Gasteiger partial charge in [-0.15, -0.1) is 0 Å². The normalized spacial score (nSPS) is 30.1. The molecule has 132 valence electrons. The van der Waals surface area contributed by atoms with Crippen molar-refractivity contribution in [1.29, 1.82) is 0 Å². The Morgan fingerprint density at radius 2 is 2.20 bits per heavy atom. The number of aromatic nitrogens is 1. The van der Waals surface area contributed by atoms with Crippen molar-refractivity contribution in [2.45, 2.75) is 29.5 Å². The summed E-state index contributed by atoms with van der Waals surface area (Å²) >= 11 is 0. The lowest BCUT2D eigenvalue weighted by Gasteiger charge is -2.35. The number of carboxylic acids is 1. The van der Waals surface area contributed by atoms with E-state index >= 15 is 0 Å². The summed E-state index contributed by atoms with van der Waals surface area (Å²) in [4.78, 5) is 43.8. The van der Waals surface area contributed by atoms with Crippen molar-refractivity contribution in [2.24, 2.45) is 4.99 Å². The van der Waals surface area contributed by atoms with Gasteiger partial charge in [0.25, 0.3) is 0 Å². The molecule has 1 aromatic heterocycles. The van der Waals surface area contributed by atoms with Crippen LogP contribution < -0.4 is 0 Å². The predicted molar refractivity (Wildman–Crippen MR) is 85.9 cm³/mol. The summed E-state index contributed by atoms with van der Waals surface area (Å²) < 4.78 is 23.4. The van der Waals surface area contributed by atoms with Crippen LogP contribution in [0.5, 0.6) is 0 Å². The zero-order chi connectivity index (χ0) is 18.4. The highest BCUT2D eigenvalue weighted by Crippen LogP contribution is 2.45. The van der Waals surface area contributed by atoms with Gasteiger partial charge >= 0.3 is 5.97 Å². The van der Waals surface area contributed by atoms with Gasteiger partial charge in [0, 0.05) is 12.4 Å². The van der Waals surface area contributed by atoms with Crippen LogP contribution in [0.2, 0.25) is 0 Å². The summed E-state index contributed by atoms with van der Waals surface area (Å²) in [6, 6.07) is 3.21. The SMILES string of the molecule is C[C@]1(C=NCC(=O)c2ccccn2)[C@H](C(=O)O)N2C(=O)C[C@H]2S1(=O)=O. The van der Waals surface area contributed by atoms with Crippen molar-refractivity contribution >= 4 is 33.7 Å². The number of fused-ring (bicyclic) bond motifs is 1. The Bertz CT molecular complexity index is 882. The highest BCUT2D eigenvalue weighted by atomic mass is 32.2. The molecule has 0 aromatic carbocycles. The Morgan fingerprint density at radius 1 is 1.48 bits per heavy atom. The van der Waals surface area contributed by atoms with Gasteiger partial charge in [-0.25, -0.2) is 13.2 Å². The van der Waals surface area contributed by atoms with E-state index in [0.29, 0.717) is 0 Å². The predicted octanol–water partition coefficient (Wildman–Crippen LogP) is -0.466. The third-order valence-electron chi connectivity index (χ3n) is 4.51. The molecule has 0 bridgehead atoms. The zero-order valence-corrected chi connectivity index (χ0v) is 14.0. The van der Waals surface area contributed by atoms with Crippen molar-refractivity contribution in [2.75, 3.05) is 6.54 Å². The molecule has 0 radical (unpaired) electrons. The maximum absolute atomic E-state index is 12.6. The third kappa shape index (κ3) is 2.44. The summed E-state index contributed by atoms with van der Waals surface area (Å²) in [5.74, 6) is -2.38. The highest BCUT2D eigenvalue weighted by Gasteiger charge is 2.69. The second kappa shape index (κ2) is 5.73. The average Bonchev–Trinajstić information content (AvgIpc) is 2.70. The number of nitrogens with zero attached hydrogens (tertiary/aromatic N) is 3. The van der Waals surface area contributed by atoms with E-state index in [1.165, 1.54) is 19.2 Å². The molecule has 0 saturated carbocycles. The van der Waals surface area contributed by atoms with Crippen LogP contribution in [0.1, 0.15) is 23.8 Å². The van der Waals surface area contributed by atoms with E-state index in [-0.39, 0.29) is 18.7 Å². The van der Waals surface area contributed by atoms with Gasteiger partial charge in [-0.3, -0.25) is 19.6 Å². The molecule has 0 spiro atoms. The first-order valence-electron chi connectivity index (χ1n) is 7.43. The van der Waals surface area contributed by atoms with Crippen molar-refractivity contribution in [1.82, 2.24) is 9.88 Å². The second-order valence-corrected chi connectivity index (χ2v) is 8.55. The molecule has 3 rings (SSSR count). The first kappa shape index (κ1) is 17.2. The Kier molecular flexibility index (Phi) is 3.94. The number of rotatable bonds is 5. The Balaban J connectivity index is 1.87. The fourth-order valence-electron chi connectivity index (χ4n) is 3.12. The minimum absolute atomic E-state index is 0.174. The van der Waals surface area contributed by atoms with Crippen LogP contribution in [0.25, 0.3) is 0 Å². The van der Waals surface area contributed by atoms with Crippen molar-refractivity contribution in [3.05, 3.63) is 30.1 Å². The number of aliphatic carboxylic acids is 1. The summed E-state index contributed by atoms with van der Waals surface area (Å²) in [6.07, 6.45) is 2.17. The first-order chi connectivity index (χ1) is 11.7. The lowest BCUT2D eigenvalue weighted by Crippen LogP contribution is -2.57. The number of β-lactam (4-membered cyclic amide) rings is 1. The first-order valence-corrected chi connectivity index (χ1v) is 8.97. The second-order valence-electron chi connectivity index (χ2n) is 6.04. The van der Waals surface area contributed by atoms with Crippen LogP contribution in [0.3, 0.4) is 0 Å². The quantitative estimate of drug-likeness (QED) is 0.423. The molecule has 1 N–H and O–H groups in total. The number of carboxylic acid groups (broad SMARTS) is 1. The molecular formula is C15H15N3O6S. The van der Waals surface area contributed by atoms with Crippen molar-refractivity contribution < 1.29 is 27.9 Å². The number of hydrogen-bond donors (Lipinski definition) is 1. The fourth-order valence-corrected chi connectivity index (χ4v) is 5.36. The van der Waals surface area contributed by atoms with Crippen LogP contribution in [-0.2, 0) is 19.4 Å². The van der Waals surface area contributed by atoms with Gasteiger partial charge in [0.2, 0.25) is 11.7 Å². The molecule has 2 saturated heterocycles. The number of carbonyl (C=O) groups is 3. The fraction of sp³-hybridized carbons (Fsp3) is 0.400. The average molecular weight is 365 g/mol. The van der Waals surface area contributed by atoms with E-state index < -0.39 is 43.7 Å². The van der Waals surface area contributed by atoms with E-state index in [1.54, 1.807) is 12.1 Å². The van der Waals surface area contributed by atoms with Gasteiger partial charge in [0.1, 0.15) is 22.4 Å². The van der Waals surface area contributed by atoms with Crippen molar-refractivity contribution in [3.8, 4) is 0 Å². The third-order valence-corrected chi connectivity index (χ3v) is 7.17. The van der Waals surface area contributed by atoms with Gasteiger partial charge in [-0.1, -0.05) is 6.07 Å². The van der Waals surface area contributed by atoms with E-state index in [4.69, 9.17) is 0 Å². The maximum atomic E-state index is 12.6. The molecule has 25 heavy (non-hydrogen) atoms. The number of ketones is 1. The monoisotopic (exact) mass is 365 g/mol. The molecule has 1 aromatic rings. The number of sulfone groups is 1. The van der Waals surface area contributed by atoms with Crippen LogP contribution in [-0.4, -0.2) is 70.0 Å². The summed E-state index contributed by atoms with van der Waals surface area (Å²) in [6.45, 7) is 0.842. The van der Waals surface area contributed by atoms with Crippen LogP contribution in [0.15, 0.2) is 29.4 Å². The molecule has 0 unspecified atom stereocenters. The van der Waals surface area contributed by atoms with Gasteiger partial charge in [0.05, 0.1) is 6.42 Å². The van der Waals surface area contributed by atoms with Gasteiger partial charge in [-0.2, -0.15) is 0 Å². The standard InChI is InChI=1S/C15H15N3O6S/c1-15(8-16-7-10(19)9-4-2-3-5-17-9)13(14(21)22)18-11(20)6-12(18)25(15,23)24/h2-5,8,12-13H,6-7H2,1H3,(H,21,22)/t12-,13+,15+/m1/s1. The van der Waals surface area contributed by atoms with Gasteiger partial charge < -0.3 is 10.0 Å². The summed E-state index contributed by atoms with van der Waals surface area (Å²) in [7, 11) is -3.97. The Morgan fingerprint density at radius 3 is 2.76 bits per heavy atom. The number of pyridine rings is 1. The number of Topliss-reactive ketones (excluding diaryl/α,β-unsaturated/α-hetero) is 1. The molecular weight excluding hydrogens is 350 g/mol. The highest BCUT2D eigenvalue weighted by molar-refractivity contribution is 7.94. The van der Waals surface area contributed by atoms with E-state index in [0.717, 1.165) is 11.1 Å². The number of amides is 1. The summed E-state index contributed by atoms with van der Waals surface area (Å²) in [5, 5.41) is 8.26. The number of aliphatic imine (C=N–C) groups is 1. The lowest BCUT2D eigenvalue weighted by molar-refractivity contribution is -0.156. The van der Waals surface area contributed by atoms with Crippen LogP contribution in [0.4, 0.5) is 0 Å². The molecule has 2 aliphatic rings. The Hall–Kier alpha value is -2.62. The zero-order valence-electron chi connectivity index (χ0n) is 13.2. The summed E-state index contributed by atoms with van der Waals surface area (Å²) in [5.41, 5.74) is 0.174. The molecule has 3 heterocycles. The van der Waals surface area contributed by atoms with Gasteiger partial charge in [0.15, 0.2) is 15.9 Å². The minimum atomic E-state index is -3.97. The molecule has 0 aliphatic carbocycles. The van der Waals surface area contributed by atoms with E-state index in [1.807, 2.05) is 0 Å². The van der Waals surface area contributed by atoms with Crippen LogP contribution in [0, 0.1) is 0 Å². The Labute approximate surface area is 143 Å². The minimum Gasteiger partial charge on any atom is -0.480 e. The molecule has 10 heteroatoms. The molecule has 9 nitrogen and oxygen atoms in total. The molecule has 3 atom stereocenters. The maximum Gasteiger partial charge on any atom is 0.328 e. The van der Waals surface area contributed by atoms with Gasteiger partial charge in [-0.05, 0) is 19.1 Å². The van der Waals surface area contributed by atoms with E-state index in [2.05, 4.69) is 9.98 Å². The number of hydrogen-bond acceptors (Lipinski definition) is 7. The molecule has 2 fully saturated rings. The van der Waals surface area contributed by atoms with Crippen molar-refractivity contribution in [3.63, 3.8) is 0 Å². The molecule has 1 amide bonds. The smallest absolute Gasteiger partial charge is 0.328 e.